The molecule has 3 aliphatic rings. The van der Waals surface area contributed by atoms with Crippen LogP contribution in [0.4, 0.5) is 0 Å². The zero-order valence-electron chi connectivity index (χ0n) is 6.97. The molecule has 0 bridgehead atoms. The van der Waals surface area contributed by atoms with Gasteiger partial charge in [0.05, 0.1) is 4.75 Å². The zero-order valence-corrected chi connectivity index (χ0v) is 7.78. The van der Waals surface area contributed by atoms with Crippen molar-refractivity contribution in [2.75, 3.05) is 0 Å². The minimum atomic E-state index is 0.431. The van der Waals surface area contributed by atoms with Gasteiger partial charge in [-0.2, -0.15) is 0 Å². The first-order chi connectivity index (χ1) is 5.81. The van der Waals surface area contributed by atoms with Crippen LogP contribution in [0.15, 0.2) is 11.8 Å². The van der Waals surface area contributed by atoms with Crippen LogP contribution in [0.3, 0.4) is 0 Å². The molecular formula is C9H12N2S. The van der Waals surface area contributed by atoms with Gasteiger partial charge in [0, 0.05) is 6.08 Å². The fourth-order valence-corrected chi connectivity index (χ4v) is 3.70. The molecule has 3 rings (SSSR count). The van der Waals surface area contributed by atoms with Crippen molar-refractivity contribution in [3.63, 3.8) is 0 Å². The van der Waals surface area contributed by atoms with Gasteiger partial charge in [0.25, 0.3) is 5.70 Å². The summed E-state index contributed by atoms with van der Waals surface area (Å²) < 4.78 is 1.99. The van der Waals surface area contributed by atoms with Crippen molar-refractivity contribution >= 4 is 16.8 Å². The van der Waals surface area contributed by atoms with E-state index in [9.17, 15) is 0 Å². The first kappa shape index (κ1) is 7.01. The lowest BCUT2D eigenvalue weighted by atomic mass is 9.88. The Kier molecular flexibility index (Phi) is 1.21. The van der Waals surface area contributed by atoms with Gasteiger partial charge >= 0.3 is 5.04 Å². The Labute approximate surface area is 76.5 Å². The summed E-state index contributed by atoms with van der Waals surface area (Å²) in [6, 6.07) is 0. The van der Waals surface area contributed by atoms with Gasteiger partial charge in [-0.25, -0.2) is 4.68 Å². The molecule has 1 fully saturated rings. The molecule has 1 spiro atoms. The highest BCUT2D eigenvalue weighted by atomic mass is 32.2. The maximum absolute atomic E-state index is 7.42. The van der Waals surface area contributed by atoms with Crippen LogP contribution in [0.1, 0.15) is 32.1 Å². The van der Waals surface area contributed by atoms with E-state index >= 15 is 0 Å². The monoisotopic (exact) mass is 180 g/mol. The van der Waals surface area contributed by atoms with E-state index in [1.165, 1.54) is 42.8 Å². The van der Waals surface area contributed by atoms with Crippen molar-refractivity contribution in [3.05, 3.63) is 17.6 Å². The van der Waals surface area contributed by atoms with Gasteiger partial charge in [-0.15, -0.1) is 0 Å². The average Bonchev–Trinajstić information content (AvgIpc) is 2.57. The van der Waals surface area contributed by atoms with Crippen LogP contribution < -0.4 is 0 Å². The Balaban J connectivity index is 1.84. The molecule has 0 amide bonds. The highest BCUT2D eigenvalue weighted by Crippen LogP contribution is 2.52. The molecule has 0 saturated heterocycles. The Morgan fingerprint density at radius 3 is 2.67 bits per heavy atom. The van der Waals surface area contributed by atoms with Gasteiger partial charge in [-0.3, -0.25) is 0 Å². The lowest BCUT2D eigenvalue weighted by Gasteiger charge is -2.28. The van der Waals surface area contributed by atoms with E-state index in [1.807, 2.05) is 11.8 Å². The van der Waals surface area contributed by atoms with Crippen molar-refractivity contribution in [3.8, 4) is 0 Å². The molecule has 64 valence electrons. The number of nitrogens with one attached hydrogen (secondary N) is 1. The van der Waals surface area contributed by atoms with Crippen molar-refractivity contribution in [1.82, 2.24) is 0 Å². The third-order valence-corrected chi connectivity index (χ3v) is 4.53. The predicted molar refractivity (Wildman–Crippen MR) is 51.1 cm³/mol. The van der Waals surface area contributed by atoms with E-state index in [4.69, 9.17) is 5.84 Å². The standard InChI is InChI=1S/C9H12N2S/c10-11-7-6-9(12-8(7)11)4-2-1-3-5-9/h6,10H,1-5H2. The topological polar surface area (TPSA) is 26.8 Å². The van der Waals surface area contributed by atoms with E-state index in [0.29, 0.717) is 4.75 Å². The second kappa shape index (κ2) is 2.08. The summed E-state index contributed by atoms with van der Waals surface area (Å²) in [6.45, 7) is 0. The van der Waals surface area contributed by atoms with Gasteiger partial charge in [0.1, 0.15) is 0 Å². The van der Waals surface area contributed by atoms with Crippen LogP contribution in [0.2, 0.25) is 0 Å². The molecule has 2 heterocycles. The van der Waals surface area contributed by atoms with Crippen molar-refractivity contribution in [2.24, 2.45) is 0 Å². The molecule has 0 aromatic rings. The second-order valence-electron chi connectivity index (χ2n) is 3.90. The highest BCUT2D eigenvalue weighted by Gasteiger charge is 2.53. The fourth-order valence-electron chi connectivity index (χ4n) is 2.25. The molecular weight excluding hydrogens is 168 g/mol. The van der Waals surface area contributed by atoms with Crippen molar-refractivity contribution in [2.45, 2.75) is 36.9 Å². The highest BCUT2D eigenvalue weighted by molar-refractivity contribution is 8.16. The maximum atomic E-state index is 7.42. The summed E-state index contributed by atoms with van der Waals surface area (Å²) in [7, 11) is 0. The van der Waals surface area contributed by atoms with Gasteiger partial charge in [-0.1, -0.05) is 19.3 Å². The molecule has 0 unspecified atom stereocenters. The lowest BCUT2D eigenvalue weighted by molar-refractivity contribution is -0.322. The fraction of sp³-hybridized carbons (Fsp3) is 0.667. The number of hydrogen-bond acceptors (Lipinski definition) is 1. The lowest BCUT2D eigenvalue weighted by Crippen LogP contribution is -2.24. The third kappa shape index (κ3) is 0.802. The largest absolute Gasteiger partial charge is 0.447 e. The number of hydrogen-bond donors (Lipinski definition) is 0. The molecule has 2 nitrogen and oxygen atoms in total. The van der Waals surface area contributed by atoms with Crippen molar-refractivity contribution < 1.29 is 4.68 Å². The van der Waals surface area contributed by atoms with Crippen LogP contribution in [0.25, 0.3) is 5.84 Å². The van der Waals surface area contributed by atoms with Crippen LogP contribution in [-0.4, -0.2) is 14.5 Å². The molecule has 0 aromatic carbocycles. The SMILES string of the molecule is [NH-][N+]1=C2SC3(C=C21)CCCCC3. The summed E-state index contributed by atoms with van der Waals surface area (Å²) in [5.41, 5.74) is 1.20. The summed E-state index contributed by atoms with van der Waals surface area (Å²) in [5.74, 6) is 7.42. The van der Waals surface area contributed by atoms with Crippen molar-refractivity contribution in [1.29, 1.82) is 0 Å². The van der Waals surface area contributed by atoms with E-state index < -0.39 is 0 Å². The molecule has 0 atom stereocenters. The second-order valence-corrected chi connectivity index (χ2v) is 5.30. The quantitative estimate of drug-likeness (QED) is 0.526. The minimum Gasteiger partial charge on any atom is -0.447 e. The molecule has 3 heteroatoms. The number of rotatable bonds is 0. The van der Waals surface area contributed by atoms with Gasteiger partial charge in [0.2, 0.25) is 0 Å². The van der Waals surface area contributed by atoms with E-state index in [-0.39, 0.29) is 0 Å². The maximum Gasteiger partial charge on any atom is 0.308 e. The van der Waals surface area contributed by atoms with Gasteiger partial charge in [-0.05, 0) is 24.6 Å². The zero-order chi connectivity index (χ0) is 8.18. The van der Waals surface area contributed by atoms with E-state index in [0.717, 1.165) is 0 Å². The molecule has 0 aromatic heterocycles. The molecule has 12 heavy (non-hydrogen) atoms. The predicted octanol–water partition coefficient (Wildman–Crippen LogP) is 2.71. The summed E-state index contributed by atoms with van der Waals surface area (Å²) >= 11 is 1.93. The van der Waals surface area contributed by atoms with Gasteiger partial charge < -0.3 is 5.84 Å². The smallest absolute Gasteiger partial charge is 0.308 e. The molecule has 2 aliphatic heterocycles. The number of fused-ring (bicyclic) bond motifs is 1. The Hall–Kier alpha value is -0.440. The van der Waals surface area contributed by atoms with Crippen LogP contribution >= 0.6 is 11.8 Å². The van der Waals surface area contributed by atoms with Crippen LogP contribution in [0, 0.1) is 0 Å². The van der Waals surface area contributed by atoms with E-state index in [1.54, 1.807) is 4.68 Å². The average molecular weight is 180 g/mol. The first-order valence-corrected chi connectivity index (χ1v) is 5.43. The summed E-state index contributed by atoms with van der Waals surface area (Å²) in [5, 5.41) is 1.22. The summed E-state index contributed by atoms with van der Waals surface area (Å²) in [4.78, 5) is 0. The Morgan fingerprint density at radius 1 is 1.33 bits per heavy atom. The molecule has 1 saturated carbocycles. The molecule has 1 aliphatic carbocycles. The number of thioether (sulfide) groups is 1. The summed E-state index contributed by atoms with van der Waals surface area (Å²) in [6.07, 6.45) is 9.16. The van der Waals surface area contributed by atoms with E-state index in [2.05, 4.69) is 6.08 Å². The Bertz CT molecular complexity index is 298. The first-order valence-electron chi connectivity index (χ1n) is 4.61. The number of nitrogens with zero attached hydrogens (tertiary/aromatic N) is 1. The van der Waals surface area contributed by atoms with Gasteiger partial charge in [0.15, 0.2) is 0 Å². The minimum absolute atomic E-state index is 0.431. The third-order valence-electron chi connectivity index (χ3n) is 3.01. The van der Waals surface area contributed by atoms with Crippen LogP contribution in [-0.2, 0) is 0 Å². The molecule has 1 N–H and O–H groups in total. The van der Waals surface area contributed by atoms with Crippen LogP contribution in [0.5, 0.6) is 0 Å². The molecule has 0 radical (unpaired) electrons. The Morgan fingerprint density at radius 2 is 2.08 bits per heavy atom. The normalized spacial score (nSPS) is 30.5.